The number of hydrogen-bond acceptors (Lipinski definition) is 3. The molecule has 7 aromatic rings. The number of fused-ring (bicyclic) bond motifs is 9. The van der Waals surface area contributed by atoms with Gasteiger partial charge in [0.25, 0.3) is 0 Å². The van der Waals surface area contributed by atoms with Gasteiger partial charge in [0.15, 0.2) is 6.17 Å². The molecule has 1 aromatic heterocycles. The van der Waals surface area contributed by atoms with Crippen LogP contribution in [0.5, 0.6) is 0 Å². The Morgan fingerprint density at radius 1 is 0.705 bits per heavy atom. The van der Waals surface area contributed by atoms with E-state index in [1.807, 2.05) is 24.3 Å². The number of aliphatic imine (C=N–C) groups is 1. The molecule has 2 atom stereocenters. The highest BCUT2D eigenvalue weighted by Crippen LogP contribution is 2.37. The number of hydrogen-bond donors (Lipinski definition) is 2. The van der Waals surface area contributed by atoms with Crippen LogP contribution in [0.4, 0.5) is 0 Å². The van der Waals surface area contributed by atoms with Gasteiger partial charge in [-0.05, 0) is 88.3 Å². The number of amidine groups is 1. The average molecular weight is 573 g/mol. The normalized spacial score (nSPS) is 14.8. The number of quaternary nitrogens is 1. The second-order valence-electron chi connectivity index (χ2n) is 11.8. The van der Waals surface area contributed by atoms with Gasteiger partial charge in [-0.25, -0.2) is 4.99 Å². The Morgan fingerprint density at radius 2 is 1.43 bits per heavy atom. The molecule has 8 rings (SSSR count). The lowest BCUT2D eigenvalue weighted by atomic mass is 9.86. The van der Waals surface area contributed by atoms with Crippen molar-refractivity contribution in [3.8, 4) is 0 Å². The first-order chi connectivity index (χ1) is 21.6. The van der Waals surface area contributed by atoms with Crippen LogP contribution in [0.3, 0.4) is 0 Å². The Morgan fingerprint density at radius 3 is 2.30 bits per heavy atom. The van der Waals surface area contributed by atoms with Gasteiger partial charge in [-0.2, -0.15) is 0 Å². The molecule has 1 heterocycles. The van der Waals surface area contributed by atoms with E-state index in [4.69, 9.17) is 15.1 Å². The first-order valence-corrected chi connectivity index (χ1v) is 15.4. The standard InChI is InChI=1S/C40H33N3O/c1-25(26-11-3-2-4-12-26)42-40(28-20-22-38-36(24-28)34-17-9-10-18-37(34)44-38)43-39(41)27-19-21-33-31-15-6-5-13-29(31)30-14-7-8-16-32(30)35(33)23-27/h2-7,9-15,17-25,39H,8,16,41H2,1H3,(H,42,43)/p+1. The van der Waals surface area contributed by atoms with Gasteiger partial charge in [-0.15, -0.1) is 0 Å². The molecule has 4 nitrogen and oxygen atoms in total. The summed E-state index contributed by atoms with van der Waals surface area (Å²) in [4.78, 5) is 5.27. The zero-order valence-corrected chi connectivity index (χ0v) is 24.7. The van der Waals surface area contributed by atoms with Crippen LogP contribution in [0.25, 0.3) is 49.6 Å². The number of benzene rings is 6. The Balaban J connectivity index is 1.23. The molecule has 4 N–H and O–H groups in total. The molecular formula is C40H34N3O+. The SMILES string of the molecule is CC(N=C([NH2+]C(N)c1ccc2c(c1)c1c(c3ccccc32)C=CCC1)c1ccc2oc3ccccc3c2c1)c1ccccc1. The Labute approximate surface area is 256 Å². The molecule has 0 spiro atoms. The van der Waals surface area contributed by atoms with Crippen molar-refractivity contribution in [2.24, 2.45) is 10.7 Å². The van der Waals surface area contributed by atoms with Crippen molar-refractivity contribution in [2.45, 2.75) is 32.0 Å². The van der Waals surface area contributed by atoms with Gasteiger partial charge >= 0.3 is 0 Å². The highest BCUT2D eigenvalue weighted by Gasteiger charge is 2.21. The lowest BCUT2D eigenvalue weighted by Crippen LogP contribution is -2.91. The topological polar surface area (TPSA) is 68.1 Å². The summed E-state index contributed by atoms with van der Waals surface area (Å²) in [5, 5.41) is 9.50. The van der Waals surface area contributed by atoms with Crippen LogP contribution in [0.2, 0.25) is 0 Å². The van der Waals surface area contributed by atoms with Gasteiger partial charge in [0, 0.05) is 16.3 Å². The lowest BCUT2D eigenvalue weighted by Gasteiger charge is -2.20. The van der Waals surface area contributed by atoms with Crippen LogP contribution in [-0.4, -0.2) is 5.84 Å². The summed E-state index contributed by atoms with van der Waals surface area (Å²) in [6.45, 7) is 2.14. The Bertz CT molecular complexity index is 2240. The van der Waals surface area contributed by atoms with Crippen LogP contribution in [-0.2, 0) is 6.42 Å². The molecule has 214 valence electrons. The maximum atomic E-state index is 7.04. The van der Waals surface area contributed by atoms with Crippen molar-refractivity contribution in [1.82, 2.24) is 0 Å². The first kappa shape index (κ1) is 26.6. The fourth-order valence-corrected chi connectivity index (χ4v) is 6.78. The number of allylic oxidation sites excluding steroid dienone is 1. The van der Waals surface area contributed by atoms with Crippen molar-refractivity contribution >= 4 is 55.4 Å². The predicted molar refractivity (Wildman–Crippen MR) is 183 cm³/mol. The summed E-state index contributed by atoms with van der Waals surface area (Å²) in [5.74, 6) is 0.879. The molecule has 1 aliphatic carbocycles. The number of aryl methyl sites for hydroxylation is 1. The molecule has 0 fully saturated rings. The van der Waals surface area contributed by atoms with Gasteiger partial charge in [0.2, 0.25) is 5.84 Å². The monoisotopic (exact) mass is 572 g/mol. The van der Waals surface area contributed by atoms with Gasteiger partial charge in [0.05, 0.1) is 11.6 Å². The predicted octanol–water partition coefficient (Wildman–Crippen LogP) is 8.58. The summed E-state index contributed by atoms with van der Waals surface area (Å²) in [7, 11) is 0. The molecule has 4 heteroatoms. The Hall–Kier alpha value is -5.03. The minimum atomic E-state index is -0.334. The molecule has 0 amide bonds. The largest absolute Gasteiger partial charge is 0.456 e. The molecular weight excluding hydrogens is 538 g/mol. The van der Waals surface area contributed by atoms with Crippen molar-refractivity contribution in [3.63, 3.8) is 0 Å². The van der Waals surface area contributed by atoms with Gasteiger partial charge in [-0.3, -0.25) is 11.1 Å². The van der Waals surface area contributed by atoms with E-state index in [2.05, 4.69) is 115 Å². The van der Waals surface area contributed by atoms with Crippen LogP contribution < -0.4 is 11.1 Å². The summed E-state index contributed by atoms with van der Waals surface area (Å²) >= 11 is 0. The Kier molecular flexibility index (Phi) is 6.59. The minimum Gasteiger partial charge on any atom is -0.456 e. The maximum Gasteiger partial charge on any atom is 0.229 e. The second-order valence-corrected chi connectivity index (χ2v) is 11.8. The van der Waals surface area contributed by atoms with E-state index in [1.165, 1.54) is 38.2 Å². The maximum absolute atomic E-state index is 7.04. The zero-order chi connectivity index (χ0) is 29.6. The number of nitrogens with two attached hydrogens (primary N) is 2. The molecule has 0 aliphatic heterocycles. The number of para-hydroxylation sites is 1. The quantitative estimate of drug-likeness (QED) is 0.0939. The number of rotatable bonds is 5. The summed E-state index contributed by atoms with van der Waals surface area (Å²) in [6, 6.07) is 40.4. The van der Waals surface area contributed by atoms with E-state index in [0.717, 1.165) is 51.7 Å². The molecule has 0 saturated carbocycles. The summed E-state index contributed by atoms with van der Waals surface area (Å²) in [5.41, 5.74) is 14.8. The second kappa shape index (κ2) is 10.9. The lowest BCUT2D eigenvalue weighted by molar-refractivity contribution is -0.586. The average Bonchev–Trinajstić information content (AvgIpc) is 3.46. The van der Waals surface area contributed by atoms with Crippen LogP contribution in [0, 0.1) is 0 Å². The van der Waals surface area contributed by atoms with Gasteiger partial charge in [-0.1, -0.05) is 97.1 Å². The van der Waals surface area contributed by atoms with Crippen molar-refractivity contribution < 1.29 is 9.73 Å². The summed E-state index contributed by atoms with van der Waals surface area (Å²) < 4.78 is 6.13. The van der Waals surface area contributed by atoms with Crippen molar-refractivity contribution in [1.29, 1.82) is 0 Å². The highest BCUT2D eigenvalue weighted by molar-refractivity contribution is 6.13. The molecule has 0 bridgehead atoms. The number of furan rings is 1. The van der Waals surface area contributed by atoms with Crippen LogP contribution in [0.1, 0.15) is 53.4 Å². The van der Waals surface area contributed by atoms with Gasteiger partial charge in [0.1, 0.15) is 11.2 Å². The van der Waals surface area contributed by atoms with Crippen LogP contribution in [0.15, 0.2) is 131 Å². The van der Waals surface area contributed by atoms with E-state index in [0.29, 0.717) is 0 Å². The first-order valence-electron chi connectivity index (χ1n) is 15.4. The van der Waals surface area contributed by atoms with E-state index >= 15 is 0 Å². The third-order valence-corrected chi connectivity index (χ3v) is 9.06. The molecule has 6 aromatic carbocycles. The third-order valence-electron chi connectivity index (χ3n) is 9.06. The molecule has 0 saturated heterocycles. The van der Waals surface area contributed by atoms with E-state index in [1.54, 1.807) is 0 Å². The number of nitrogens with zero attached hydrogens (tertiary/aromatic N) is 1. The van der Waals surface area contributed by atoms with E-state index in [9.17, 15) is 0 Å². The highest BCUT2D eigenvalue weighted by atomic mass is 16.3. The molecule has 2 unspecified atom stereocenters. The third kappa shape index (κ3) is 4.60. The fourth-order valence-electron chi connectivity index (χ4n) is 6.78. The van der Waals surface area contributed by atoms with E-state index in [-0.39, 0.29) is 12.2 Å². The zero-order valence-electron chi connectivity index (χ0n) is 24.7. The fraction of sp³-hybridized carbons (Fsp3) is 0.125. The van der Waals surface area contributed by atoms with Crippen LogP contribution >= 0.6 is 0 Å². The molecule has 0 radical (unpaired) electrons. The smallest absolute Gasteiger partial charge is 0.229 e. The van der Waals surface area contributed by atoms with E-state index < -0.39 is 0 Å². The molecule has 1 aliphatic rings. The minimum absolute atomic E-state index is 0.0341. The summed E-state index contributed by atoms with van der Waals surface area (Å²) in [6.07, 6.45) is 6.35. The molecule has 44 heavy (non-hydrogen) atoms. The van der Waals surface area contributed by atoms with Crippen molar-refractivity contribution in [2.75, 3.05) is 0 Å². The van der Waals surface area contributed by atoms with Gasteiger partial charge < -0.3 is 4.42 Å². The van der Waals surface area contributed by atoms with Crippen molar-refractivity contribution in [3.05, 3.63) is 149 Å².